The number of carbonyl (C=O) groups is 1. The zero-order valence-corrected chi connectivity index (χ0v) is 16.2. The zero-order valence-electron chi connectivity index (χ0n) is 16.2. The van der Waals surface area contributed by atoms with E-state index in [2.05, 4.69) is 20.4 Å². The number of amides is 1. The van der Waals surface area contributed by atoms with Crippen molar-refractivity contribution >= 4 is 5.91 Å². The average Bonchev–Trinajstić information content (AvgIpc) is 3.30. The first-order chi connectivity index (χ1) is 13.6. The lowest BCUT2D eigenvalue weighted by atomic mass is 9.81. The number of aryl methyl sites for hydroxylation is 2. The zero-order chi connectivity index (χ0) is 19.6. The largest absolute Gasteiger partial charge is 0.441 e. The van der Waals surface area contributed by atoms with E-state index in [0.717, 1.165) is 37.7 Å². The third-order valence-corrected chi connectivity index (χ3v) is 5.28. The minimum absolute atomic E-state index is 0.111. The van der Waals surface area contributed by atoms with E-state index < -0.39 is 5.54 Å². The molecule has 0 radical (unpaired) electrons. The molecule has 28 heavy (non-hydrogen) atoms. The second-order valence-corrected chi connectivity index (χ2v) is 7.39. The van der Waals surface area contributed by atoms with Gasteiger partial charge in [-0.15, -0.1) is 0 Å². The second kappa shape index (κ2) is 7.58. The minimum atomic E-state index is -0.563. The summed E-state index contributed by atoms with van der Waals surface area (Å²) in [5.74, 6) is 2.15. The van der Waals surface area contributed by atoms with E-state index in [0.29, 0.717) is 29.1 Å². The van der Waals surface area contributed by atoms with Crippen molar-refractivity contribution in [3.05, 3.63) is 53.5 Å². The smallest absolute Gasteiger partial charge is 0.226 e. The van der Waals surface area contributed by atoms with Crippen LogP contribution in [0, 0.1) is 13.8 Å². The van der Waals surface area contributed by atoms with Crippen LogP contribution in [0.4, 0.5) is 0 Å². The van der Waals surface area contributed by atoms with E-state index in [9.17, 15) is 4.79 Å². The van der Waals surface area contributed by atoms with Gasteiger partial charge in [0.2, 0.25) is 17.7 Å². The summed E-state index contributed by atoms with van der Waals surface area (Å²) in [6.07, 6.45) is 4.97. The first kappa shape index (κ1) is 18.4. The highest BCUT2D eigenvalue weighted by atomic mass is 16.5. The molecule has 1 aliphatic carbocycles. The molecule has 1 aliphatic rings. The maximum absolute atomic E-state index is 12.9. The average molecular weight is 380 g/mol. The van der Waals surface area contributed by atoms with Crippen molar-refractivity contribution in [2.75, 3.05) is 0 Å². The van der Waals surface area contributed by atoms with Gasteiger partial charge in [-0.3, -0.25) is 4.79 Å². The van der Waals surface area contributed by atoms with Crippen molar-refractivity contribution in [3.63, 3.8) is 0 Å². The molecule has 0 unspecified atom stereocenters. The van der Waals surface area contributed by atoms with Crippen LogP contribution >= 0.6 is 0 Å². The van der Waals surface area contributed by atoms with Crippen molar-refractivity contribution in [2.45, 2.75) is 57.9 Å². The van der Waals surface area contributed by atoms with E-state index in [-0.39, 0.29) is 12.3 Å². The minimum Gasteiger partial charge on any atom is -0.441 e. The molecule has 0 saturated heterocycles. The second-order valence-electron chi connectivity index (χ2n) is 7.39. The Kier molecular flexibility index (Phi) is 4.98. The van der Waals surface area contributed by atoms with Gasteiger partial charge in [-0.25, -0.2) is 4.98 Å². The summed E-state index contributed by atoms with van der Waals surface area (Å²) >= 11 is 0. The Labute approximate surface area is 163 Å². The number of aromatic nitrogens is 3. The monoisotopic (exact) mass is 380 g/mol. The van der Waals surface area contributed by atoms with Crippen molar-refractivity contribution in [1.82, 2.24) is 20.4 Å². The molecule has 1 fully saturated rings. The van der Waals surface area contributed by atoms with Gasteiger partial charge in [0.15, 0.2) is 5.82 Å². The van der Waals surface area contributed by atoms with Gasteiger partial charge in [-0.05, 0) is 31.9 Å². The van der Waals surface area contributed by atoms with E-state index in [1.807, 2.05) is 37.3 Å². The molecule has 2 aromatic heterocycles. The summed E-state index contributed by atoms with van der Waals surface area (Å²) in [6.45, 7) is 3.60. The number of nitrogens with one attached hydrogen (secondary N) is 1. The molecule has 7 heteroatoms. The first-order valence-electron chi connectivity index (χ1n) is 9.69. The van der Waals surface area contributed by atoms with Crippen molar-refractivity contribution < 1.29 is 13.7 Å². The first-order valence-corrected chi connectivity index (χ1v) is 9.69. The fourth-order valence-electron chi connectivity index (χ4n) is 3.81. The molecule has 0 bridgehead atoms. The highest BCUT2D eigenvalue weighted by molar-refractivity contribution is 5.79. The molecule has 0 aliphatic heterocycles. The summed E-state index contributed by atoms with van der Waals surface area (Å²) in [5, 5.41) is 7.28. The maximum Gasteiger partial charge on any atom is 0.226 e. The van der Waals surface area contributed by atoms with Gasteiger partial charge in [-0.1, -0.05) is 42.6 Å². The summed E-state index contributed by atoms with van der Waals surface area (Å²) in [5.41, 5.74) is 0.974. The van der Waals surface area contributed by atoms with Crippen LogP contribution in [0.25, 0.3) is 11.5 Å². The molecule has 0 spiro atoms. The number of hydrogen-bond donors (Lipinski definition) is 1. The number of carbonyl (C=O) groups excluding carboxylic acids is 1. The summed E-state index contributed by atoms with van der Waals surface area (Å²) in [7, 11) is 0. The Morgan fingerprint density at radius 3 is 2.54 bits per heavy atom. The lowest BCUT2D eigenvalue weighted by Crippen LogP contribution is -2.48. The Bertz CT molecular complexity index is 955. The lowest BCUT2D eigenvalue weighted by molar-refractivity contribution is -0.123. The normalized spacial score (nSPS) is 16.1. The molecule has 2 heterocycles. The Hall–Kier alpha value is -2.96. The molecule has 0 atom stereocenters. The van der Waals surface area contributed by atoms with Gasteiger partial charge in [0.05, 0.1) is 12.1 Å². The number of benzene rings is 1. The highest BCUT2D eigenvalue weighted by Gasteiger charge is 2.39. The molecule has 4 rings (SSSR count). The molecular weight excluding hydrogens is 356 g/mol. The lowest BCUT2D eigenvalue weighted by Gasteiger charge is -2.35. The quantitative estimate of drug-likeness (QED) is 0.722. The molecule has 3 aromatic rings. The van der Waals surface area contributed by atoms with E-state index >= 15 is 0 Å². The van der Waals surface area contributed by atoms with E-state index in [4.69, 9.17) is 8.94 Å². The van der Waals surface area contributed by atoms with Gasteiger partial charge in [-0.2, -0.15) is 4.98 Å². The standard InChI is InChI=1S/C21H24N4O3/c1-14-17(23-19(27-14)16-9-5-3-6-10-16)13-18(26)24-21(11-7-4-8-12-21)20-22-15(2)28-25-20/h3,5-6,9-10H,4,7-8,11-13H2,1-2H3,(H,24,26). The molecular formula is C21H24N4O3. The van der Waals surface area contributed by atoms with Crippen LogP contribution in [0.2, 0.25) is 0 Å². The van der Waals surface area contributed by atoms with Crippen LogP contribution in [-0.4, -0.2) is 21.0 Å². The molecule has 1 saturated carbocycles. The van der Waals surface area contributed by atoms with Crippen LogP contribution in [0.1, 0.15) is 55.3 Å². The van der Waals surface area contributed by atoms with Crippen LogP contribution in [0.15, 0.2) is 39.3 Å². The van der Waals surface area contributed by atoms with Crippen LogP contribution in [0.3, 0.4) is 0 Å². The summed E-state index contributed by atoms with van der Waals surface area (Å²) in [6, 6.07) is 9.67. The fourth-order valence-corrected chi connectivity index (χ4v) is 3.81. The summed E-state index contributed by atoms with van der Waals surface area (Å²) < 4.78 is 10.9. The topological polar surface area (TPSA) is 94.1 Å². The van der Waals surface area contributed by atoms with E-state index in [1.54, 1.807) is 6.92 Å². The van der Waals surface area contributed by atoms with Gasteiger partial charge >= 0.3 is 0 Å². The predicted octanol–water partition coefficient (Wildman–Crippen LogP) is 3.86. The highest BCUT2D eigenvalue weighted by Crippen LogP contribution is 2.35. The molecule has 1 amide bonds. The van der Waals surface area contributed by atoms with E-state index in [1.165, 1.54) is 0 Å². The van der Waals surface area contributed by atoms with Gasteiger partial charge in [0, 0.05) is 12.5 Å². The number of hydrogen-bond acceptors (Lipinski definition) is 6. The van der Waals surface area contributed by atoms with Crippen molar-refractivity contribution in [3.8, 4) is 11.5 Å². The SMILES string of the molecule is Cc1nc(C2(NC(=O)Cc3nc(-c4ccccc4)oc3C)CCCCC2)no1. The maximum atomic E-state index is 12.9. The molecule has 7 nitrogen and oxygen atoms in total. The van der Waals surface area contributed by atoms with Crippen molar-refractivity contribution in [2.24, 2.45) is 0 Å². The third kappa shape index (κ3) is 3.69. The Morgan fingerprint density at radius 1 is 1.11 bits per heavy atom. The molecule has 1 aromatic carbocycles. The van der Waals surface area contributed by atoms with Gasteiger partial charge < -0.3 is 14.3 Å². The number of oxazole rings is 1. The van der Waals surface area contributed by atoms with Crippen LogP contribution < -0.4 is 5.32 Å². The Balaban J connectivity index is 1.52. The predicted molar refractivity (Wildman–Crippen MR) is 102 cm³/mol. The number of nitrogens with zero attached hydrogens (tertiary/aromatic N) is 3. The summed E-state index contributed by atoms with van der Waals surface area (Å²) in [4.78, 5) is 21.8. The fraction of sp³-hybridized carbons (Fsp3) is 0.429. The molecule has 1 N–H and O–H groups in total. The van der Waals surface area contributed by atoms with Crippen LogP contribution in [0.5, 0.6) is 0 Å². The van der Waals surface area contributed by atoms with Crippen molar-refractivity contribution in [1.29, 1.82) is 0 Å². The Morgan fingerprint density at radius 2 is 1.86 bits per heavy atom. The van der Waals surface area contributed by atoms with Crippen LogP contribution in [-0.2, 0) is 16.8 Å². The number of rotatable bonds is 5. The third-order valence-electron chi connectivity index (χ3n) is 5.28. The molecule has 146 valence electrons. The van der Waals surface area contributed by atoms with Gasteiger partial charge in [0.25, 0.3) is 0 Å². The van der Waals surface area contributed by atoms with Gasteiger partial charge in [0.1, 0.15) is 11.3 Å².